The molecular weight excluding hydrogens is 262 g/mol. The van der Waals surface area contributed by atoms with Gasteiger partial charge >= 0.3 is 0 Å². The van der Waals surface area contributed by atoms with E-state index in [0.29, 0.717) is 28.5 Å². The average molecular weight is 283 g/mol. The van der Waals surface area contributed by atoms with Crippen molar-refractivity contribution in [2.75, 3.05) is 13.6 Å². The molecule has 1 aromatic carbocycles. The van der Waals surface area contributed by atoms with E-state index in [1.54, 1.807) is 32.2 Å². The van der Waals surface area contributed by atoms with Crippen LogP contribution < -0.4 is 0 Å². The van der Waals surface area contributed by atoms with Crippen molar-refractivity contribution in [3.63, 3.8) is 0 Å². The Morgan fingerprint density at radius 3 is 2.58 bits per heavy atom. The van der Waals surface area contributed by atoms with Gasteiger partial charge in [0.25, 0.3) is 0 Å². The molecule has 19 heavy (non-hydrogen) atoms. The molecule has 0 radical (unpaired) electrons. The summed E-state index contributed by atoms with van der Waals surface area (Å²) < 4.78 is 26.5. The quantitative estimate of drug-likeness (QED) is 0.898. The van der Waals surface area contributed by atoms with Gasteiger partial charge in [0.1, 0.15) is 0 Å². The number of hydrogen-bond donors (Lipinski definition) is 1. The first kappa shape index (κ1) is 14.5. The molecule has 0 spiro atoms. The van der Waals surface area contributed by atoms with Gasteiger partial charge in [-0.1, -0.05) is 18.6 Å². The number of rotatable bonds is 5. The average Bonchev–Trinajstić information content (AvgIpc) is 2.33. The van der Waals surface area contributed by atoms with Crippen LogP contribution in [-0.4, -0.2) is 31.4 Å². The van der Waals surface area contributed by atoms with E-state index < -0.39 is 10.0 Å². The SMILES string of the molecule is Cc1c(CO)cccc1S(=O)(=O)N(C)CC1CCC1. The van der Waals surface area contributed by atoms with Crippen molar-refractivity contribution >= 4 is 10.0 Å². The Labute approximate surface area is 115 Å². The maximum absolute atomic E-state index is 12.5. The van der Waals surface area contributed by atoms with Crippen molar-refractivity contribution in [2.24, 2.45) is 5.92 Å². The molecule has 0 saturated heterocycles. The third-order valence-electron chi connectivity index (χ3n) is 3.99. The standard InChI is InChI=1S/C14H21NO3S/c1-11-13(10-16)7-4-8-14(11)19(17,18)15(2)9-12-5-3-6-12/h4,7-8,12,16H,3,5-6,9-10H2,1-2H3. The largest absolute Gasteiger partial charge is 0.392 e. The summed E-state index contributed by atoms with van der Waals surface area (Å²) in [6.07, 6.45) is 3.45. The molecule has 1 saturated carbocycles. The number of hydrogen-bond acceptors (Lipinski definition) is 3. The number of aliphatic hydroxyl groups excluding tert-OH is 1. The van der Waals surface area contributed by atoms with Crippen molar-refractivity contribution < 1.29 is 13.5 Å². The van der Waals surface area contributed by atoms with Crippen LogP contribution in [0.2, 0.25) is 0 Å². The van der Waals surface area contributed by atoms with E-state index in [-0.39, 0.29) is 6.61 Å². The summed E-state index contributed by atoms with van der Waals surface area (Å²) in [6.45, 7) is 2.20. The molecule has 5 heteroatoms. The van der Waals surface area contributed by atoms with Crippen LogP contribution in [0.4, 0.5) is 0 Å². The van der Waals surface area contributed by atoms with Crippen molar-refractivity contribution in [3.05, 3.63) is 29.3 Å². The number of sulfonamides is 1. The first-order chi connectivity index (χ1) is 8.96. The molecule has 1 N–H and O–H groups in total. The zero-order valence-electron chi connectivity index (χ0n) is 11.5. The zero-order valence-corrected chi connectivity index (χ0v) is 12.3. The van der Waals surface area contributed by atoms with Crippen LogP contribution in [0.1, 0.15) is 30.4 Å². The molecule has 1 aliphatic rings. The van der Waals surface area contributed by atoms with Gasteiger partial charge in [-0.2, -0.15) is 0 Å². The molecule has 0 amide bonds. The first-order valence-corrected chi connectivity index (χ1v) is 8.06. The van der Waals surface area contributed by atoms with Gasteiger partial charge in [0.05, 0.1) is 11.5 Å². The monoisotopic (exact) mass is 283 g/mol. The Kier molecular flexibility index (Phi) is 4.28. The smallest absolute Gasteiger partial charge is 0.243 e. The Morgan fingerprint density at radius 2 is 2.05 bits per heavy atom. The summed E-state index contributed by atoms with van der Waals surface area (Å²) in [6, 6.07) is 5.05. The second-order valence-electron chi connectivity index (χ2n) is 5.28. The van der Waals surface area contributed by atoms with Gasteiger partial charge in [0.15, 0.2) is 0 Å². The summed E-state index contributed by atoms with van der Waals surface area (Å²) in [4.78, 5) is 0.306. The van der Waals surface area contributed by atoms with Crippen LogP contribution in [-0.2, 0) is 16.6 Å². The van der Waals surface area contributed by atoms with Crippen LogP contribution in [0.3, 0.4) is 0 Å². The second-order valence-corrected chi connectivity index (χ2v) is 7.29. The minimum Gasteiger partial charge on any atom is -0.392 e. The van der Waals surface area contributed by atoms with E-state index in [4.69, 9.17) is 0 Å². The number of nitrogens with zero attached hydrogens (tertiary/aromatic N) is 1. The predicted molar refractivity (Wildman–Crippen MR) is 74.3 cm³/mol. The summed E-state index contributed by atoms with van der Waals surface area (Å²) >= 11 is 0. The van der Waals surface area contributed by atoms with Crippen LogP contribution in [0.15, 0.2) is 23.1 Å². The summed E-state index contributed by atoms with van der Waals surface area (Å²) in [7, 11) is -1.81. The summed E-state index contributed by atoms with van der Waals surface area (Å²) in [5, 5.41) is 9.23. The molecule has 2 rings (SSSR count). The van der Waals surface area contributed by atoms with E-state index in [1.807, 2.05) is 0 Å². The molecule has 0 heterocycles. The fourth-order valence-corrected chi connectivity index (χ4v) is 3.93. The Hall–Kier alpha value is -0.910. The Bertz CT molecular complexity index is 550. The lowest BCUT2D eigenvalue weighted by atomic mass is 9.86. The van der Waals surface area contributed by atoms with Crippen molar-refractivity contribution in [1.82, 2.24) is 4.31 Å². The van der Waals surface area contributed by atoms with Gasteiger partial charge in [0.2, 0.25) is 10.0 Å². The van der Waals surface area contributed by atoms with Crippen LogP contribution >= 0.6 is 0 Å². The number of benzene rings is 1. The van der Waals surface area contributed by atoms with Crippen LogP contribution in [0.25, 0.3) is 0 Å². The molecule has 106 valence electrons. The molecule has 0 aromatic heterocycles. The van der Waals surface area contributed by atoms with E-state index in [0.717, 1.165) is 12.8 Å². The summed E-state index contributed by atoms with van der Waals surface area (Å²) in [5.74, 6) is 0.501. The predicted octanol–water partition coefficient (Wildman–Crippen LogP) is 1.91. The van der Waals surface area contributed by atoms with E-state index >= 15 is 0 Å². The highest BCUT2D eigenvalue weighted by molar-refractivity contribution is 7.89. The third-order valence-corrected chi connectivity index (χ3v) is 5.96. The lowest BCUT2D eigenvalue weighted by Crippen LogP contribution is -2.34. The third kappa shape index (κ3) is 2.83. The fourth-order valence-electron chi connectivity index (χ4n) is 2.42. The number of aliphatic hydroxyl groups is 1. The van der Waals surface area contributed by atoms with Gasteiger partial charge < -0.3 is 5.11 Å². The van der Waals surface area contributed by atoms with Crippen molar-refractivity contribution in [2.45, 2.75) is 37.7 Å². The zero-order chi connectivity index (χ0) is 14.0. The molecule has 0 bridgehead atoms. The normalized spacial score (nSPS) is 16.6. The highest BCUT2D eigenvalue weighted by Gasteiger charge is 2.28. The van der Waals surface area contributed by atoms with Gasteiger partial charge in [-0.25, -0.2) is 12.7 Å². The Morgan fingerprint density at radius 1 is 1.37 bits per heavy atom. The first-order valence-electron chi connectivity index (χ1n) is 6.62. The highest BCUT2D eigenvalue weighted by Crippen LogP contribution is 2.29. The molecule has 0 unspecified atom stereocenters. The molecule has 0 atom stereocenters. The second kappa shape index (κ2) is 5.61. The maximum atomic E-state index is 12.5. The minimum atomic E-state index is -3.45. The molecule has 1 aromatic rings. The Balaban J connectivity index is 2.27. The lowest BCUT2D eigenvalue weighted by molar-refractivity contribution is 0.262. The van der Waals surface area contributed by atoms with E-state index in [9.17, 15) is 13.5 Å². The lowest BCUT2D eigenvalue weighted by Gasteiger charge is -2.30. The van der Waals surface area contributed by atoms with E-state index in [1.165, 1.54) is 10.7 Å². The molecular formula is C14H21NO3S. The van der Waals surface area contributed by atoms with Gasteiger partial charge in [-0.05, 0) is 42.9 Å². The molecule has 4 nitrogen and oxygen atoms in total. The highest BCUT2D eigenvalue weighted by atomic mass is 32.2. The summed E-state index contributed by atoms with van der Waals surface area (Å²) in [5.41, 5.74) is 1.31. The fraction of sp³-hybridized carbons (Fsp3) is 0.571. The topological polar surface area (TPSA) is 57.6 Å². The molecule has 1 aliphatic carbocycles. The van der Waals surface area contributed by atoms with Gasteiger partial charge in [-0.3, -0.25) is 0 Å². The van der Waals surface area contributed by atoms with Gasteiger partial charge in [0, 0.05) is 13.6 Å². The molecule has 0 aliphatic heterocycles. The van der Waals surface area contributed by atoms with Crippen molar-refractivity contribution in [3.8, 4) is 0 Å². The van der Waals surface area contributed by atoms with E-state index in [2.05, 4.69) is 0 Å². The van der Waals surface area contributed by atoms with Gasteiger partial charge in [-0.15, -0.1) is 0 Å². The minimum absolute atomic E-state index is 0.137. The molecule has 1 fully saturated rings. The van der Waals surface area contributed by atoms with Crippen LogP contribution in [0, 0.1) is 12.8 Å². The maximum Gasteiger partial charge on any atom is 0.243 e. The van der Waals surface area contributed by atoms with Crippen LogP contribution in [0.5, 0.6) is 0 Å². The van der Waals surface area contributed by atoms with Crippen molar-refractivity contribution in [1.29, 1.82) is 0 Å².